The monoisotopic (exact) mass is 535 g/mol. The van der Waals surface area contributed by atoms with Crippen molar-refractivity contribution < 1.29 is 9.47 Å². The Labute approximate surface area is 192 Å². The van der Waals surface area contributed by atoms with Crippen LogP contribution in [-0.2, 0) is 0 Å². The van der Waals surface area contributed by atoms with Crippen LogP contribution in [0.25, 0.3) is 10.9 Å². The third kappa shape index (κ3) is 5.10. The summed E-state index contributed by atoms with van der Waals surface area (Å²) in [5, 5.41) is 4.87. The zero-order chi connectivity index (χ0) is 22.1. The third-order valence-corrected chi connectivity index (χ3v) is 5.28. The highest BCUT2D eigenvalue weighted by Crippen LogP contribution is 2.37. The van der Waals surface area contributed by atoms with Gasteiger partial charge in [0.1, 0.15) is 5.82 Å². The van der Waals surface area contributed by atoms with Crippen LogP contribution in [0.4, 0.5) is 0 Å². The number of benzene rings is 2. The number of halogens is 2. The van der Waals surface area contributed by atoms with Crippen LogP contribution in [0.2, 0.25) is 0 Å². The summed E-state index contributed by atoms with van der Waals surface area (Å²) < 4.78 is 14.3. The lowest BCUT2D eigenvalue weighted by atomic mass is 9.99. The standard InChI is InChI=1S/C22H23Br2N3O3/c1-13-26-18-7-6-15(23)10-16(18)21(28)27(13)25-11-14-8-17(24)20(19(9-14)29-5)30-12-22(2,3)4/h6-11H,12H2,1-5H3. The average Bonchev–Trinajstić information content (AvgIpc) is 2.66. The van der Waals surface area contributed by atoms with Crippen LogP contribution >= 0.6 is 31.9 Å². The summed E-state index contributed by atoms with van der Waals surface area (Å²) in [6.07, 6.45) is 1.60. The number of aromatic nitrogens is 2. The lowest BCUT2D eigenvalue weighted by Gasteiger charge is -2.21. The first-order chi connectivity index (χ1) is 14.1. The van der Waals surface area contributed by atoms with Gasteiger partial charge in [-0.1, -0.05) is 36.7 Å². The van der Waals surface area contributed by atoms with E-state index in [4.69, 9.17) is 9.47 Å². The van der Waals surface area contributed by atoms with Gasteiger partial charge >= 0.3 is 0 Å². The van der Waals surface area contributed by atoms with Crippen LogP contribution in [0.1, 0.15) is 32.2 Å². The third-order valence-electron chi connectivity index (χ3n) is 4.19. The largest absolute Gasteiger partial charge is 0.493 e. The van der Waals surface area contributed by atoms with Crippen molar-refractivity contribution in [2.75, 3.05) is 13.7 Å². The molecule has 0 N–H and O–H groups in total. The van der Waals surface area contributed by atoms with Crippen molar-refractivity contribution >= 4 is 49.0 Å². The quantitative estimate of drug-likeness (QED) is 0.401. The average molecular weight is 537 g/mol. The molecule has 0 spiro atoms. The summed E-state index contributed by atoms with van der Waals surface area (Å²) in [4.78, 5) is 17.4. The van der Waals surface area contributed by atoms with E-state index < -0.39 is 0 Å². The van der Waals surface area contributed by atoms with E-state index in [0.29, 0.717) is 34.8 Å². The van der Waals surface area contributed by atoms with E-state index in [0.717, 1.165) is 14.5 Å². The lowest BCUT2D eigenvalue weighted by Crippen LogP contribution is -2.20. The topological polar surface area (TPSA) is 65.7 Å². The van der Waals surface area contributed by atoms with Gasteiger partial charge in [0.2, 0.25) is 0 Å². The van der Waals surface area contributed by atoms with Crippen molar-refractivity contribution in [2.24, 2.45) is 10.5 Å². The van der Waals surface area contributed by atoms with Crippen LogP contribution in [0, 0.1) is 12.3 Å². The normalized spacial score (nSPS) is 12.0. The van der Waals surface area contributed by atoms with E-state index in [9.17, 15) is 4.79 Å². The van der Waals surface area contributed by atoms with Gasteiger partial charge in [-0.3, -0.25) is 4.79 Å². The number of ether oxygens (including phenoxy) is 2. The highest BCUT2D eigenvalue weighted by atomic mass is 79.9. The van der Waals surface area contributed by atoms with Crippen LogP contribution in [0.15, 0.2) is 49.2 Å². The van der Waals surface area contributed by atoms with Crippen molar-refractivity contribution in [3.05, 3.63) is 61.0 Å². The first-order valence-corrected chi connectivity index (χ1v) is 10.9. The van der Waals surface area contributed by atoms with Gasteiger partial charge in [0.25, 0.3) is 5.56 Å². The molecule has 0 bridgehead atoms. The van der Waals surface area contributed by atoms with E-state index in [1.165, 1.54) is 4.68 Å². The smallest absolute Gasteiger partial charge is 0.282 e. The Morgan fingerprint density at radius 1 is 1.20 bits per heavy atom. The zero-order valence-corrected chi connectivity index (χ0v) is 20.7. The molecule has 0 atom stereocenters. The Balaban J connectivity index is 1.98. The molecule has 3 rings (SSSR count). The van der Waals surface area contributed by atoms with Crippen molar-refractivity contribution in [1.29, 1.82) is 0 Å². The second-order valence-corrected chi connectivity index (χ2v) is 9.84. The molecule has 6 nitrogen and oxygen atoms in total. The fourth-order valence-corrected chi connectivity index (χ4v) is 3.70. The second-order valence-electron chi connectivity index (χ2n) is 8.07. The first-order valence-electron chi connectivity index (χ1n) is 9.32. The summed E-state index contributed by atoms with van der Waals surface area (Å²) >= 11 is 6.94. The SMILES string of the molecule is COc1cc(C=Nn2c(C)nc3ccc(Br)cc3c2=O)cc(Br)c1OCC(C)(C)C. The van der Waals surface area contributed by atoms with Gasteiger partial charge in [0.15, 0.2) is 11.5 Å². The van der Waals surface area contributed by atoms with Gasteiger partial charge in [-0.25, -0.2) is 4.98 Å². The molecule has 1 heterocycles. The minimum Gasteiger partial charge on any atom is -0.493 e. The number of nitrogens with zero attached hydrogens (tertiary/aromatic N) is 3. The van der Waals surface area contributed by atoms with Crippen molar-refractivity contribution in [3.63, 3.8) is 0 Å². The van der Waals surface area contributed by atoms with Gasteiger partial charge in [0, 0.05) is 4.47 Å². The molecule has 3 aromatic rings. The molecule has 0 unspecified atom stereocenters. The lowest BCUT2D eigenvalue weighted by molar-refractivity contribution is 0.190. The van der Waals surface area contributed by atoms with Crippen molar-refractivity contribution in [1.82, 2.24) is 9.66 Å². The molecule has 1 aromatic heterocycles. The Bertz CT molecular complexity index is 1180. The predicted octanol–water partition coefficient (Wildman–Crippen LogP) is 5.55. The predicted molar refractivity (Wildman–Crippen MR) is 127 cm³/mol. The number of hydrogen-bond donors (Lipinski definition) is 0. The van der Waals surface area contributed by atoms with Gasteiger partial charge in [-0.2, -0.15) is 9.78 Å². The van der Waals surface area contributed by atoms with Gasteiger partial charge in [-0.05, 0) is 64.2 Å². The molecular formula is C22H23Br2N3O3. The second kappa shape index (κ2) is 8.89. The molecule has 0 radical (unpaired) electrons. The van der Waals surface area contributed by atoms with E-state index >= 15 is 0 Å². The maximum Gasteiger partial charge on any atom is 0.282 e. The molecule has 0 aliphatic heterocycles. The molecule has 0 fully saturated rings. The molecular weight excluding hydrogens is 514 g/mol. The molecule has 2 aromatic carbocycles. The van der Waals surface area contributed by atoms with Crippen molar-refractivity contribution in [2.45, 2.75) is 27.7 Å². The van der Waals surface area contributed by atoms with E-state index in [-0.39, 0.29) is 11.0 Å². The first kappa shape index (κ1) is 22.5. The number of rotatable bonds is 5. The fraction of sp³-hybridized carbons (Fsp3) is 0.318. The Morgan fingerprint density at radius 2 is 1.93 bits per heavy atom. The van der Waals surface area contributed by atoms with E-state index in [1.807, 2.05) is 18.2 Å². The maximum absolute atomic E-state index is 12.9. The van der Waals surface area contributed by atoms with Crippen LogP contribution in [0.5, 0.6) is 11.5 Å². The molecule has 0 saturated carbocycles. The summed E-state index contributed by atoms with van der Waals surface area (Å²) in [5.74, 6) is 1.72. The number of aryl methyl sites for hydroxylation is 1. The zero-order valence-electron chi connectivity index (χ0n) is 17.5. The molecule has 30 heavy (non-hydrogen) atoms. The Morgan fingerprint density at radius 3 is 2.60 bits per heavy atom. The molecule has 8 heteroatoms. The summed E-state index contributed by atoms with van der Waals surface area (Å²) in [6, 6.07) is 9.10. The number of hydrogen-bond acceptors (Lipinski definition) is 5. The molecule has 0 saturated heterocycles. The van der Waals surface area contributed by atoms with Crippen LogP contribution in [-0.4, -0.2) is 29.6 Å². The van der Waals surface area contributed by atoms with Crippen molar-refractivity contribution in [3.8, 4) is 11.5 Å². The summed E-state index contributed by atoms with van der Waals surface area (Å²) in [5.41, 5.74) is 1.17. The Kier molecular flexibility index (Phi) is 6.67. The Hall–Kier alpha value is -2.19. The summed E-state index contributed by atoms with van der Waals surface area (Å²) in [7, 11) is 1.59. The van der Waals surface area contributed by atoms with Gasteiger partial charge in [-0.15, -0.1) is 0 Å². The number of fused-ring (bicyclic) bond motifs is 1. The van der Waals surface area contributed by atoms with Gasteiger partial charge in [0.05, 0.1) is 35.3 Å². The highest BCUT2D eigenvalue weighted by molar-refractivity contribution is 9.10. The van der Waals surface area contributed by atoms with Crippen LogP contribution < -0.4 is 15.0 Å². The summed E-state index contributed by atoms with van der Waals surface area (Å²) in [6.45, 7) is 8.60. The van der Waals surface area contributed by atoms with Crippen LogP contribution in [0.3, 0.4) is 0 Å². The molecule has 0 aliphatic rings. The molecule has 0 aliphatic carbocycles. The maximum atomic E-state index is 12.9. The minimum absolute atomic E-state index is 0.0152. The highest BCUT2D eigenvalue weighted by Gasteiger charge is 2.16. The van der Waals surface area contributed by atoms with E-state index in [2.05, 4.69) is 62.7 Å². The fourth-order valence-electron chi connectivity index (χ4n) is 2.76. The number of methoxy groups -OCH3 is 1. The minimum atomic E-state index is -0.230. The molecule has 158 valence electrons. The molecule has 0 amide bonds. The van der Waals surface area contributed by atoms with Gasteiger partial charge < -0.3 is 9.47 Å². The van der Waals surface area contributed by atoms with E-state index in [1.54, 1.807) is 32.4 Å².